The van der Waals surface area contributed by atoms with Crippen molar-refractivity contribution in [3.63, 3.8) is 0 Å². The molecule has 3 nitrogen and oxygen atoms in total. The summed E-state index contributed by atoms with van der Waals surface area (Å²) in [6.45, 7) is 4.88. The first kappa shape index (κ1) is 11.5. The van der Waals surface area contributed by atoms with E-state index >= 15 is 0 Å². The van der Waals surface area contributed by atoms with Crippen LogP contribution in [0.3, 0.4) is 0 Å². The van der Waals surface area contributed by atoms with Crippen LogP contribution in [-0.2, 0) is 4.79 Å². The van der Waals surface area contributed by atoms with Crippen LogP contribution >= 0.6 is 0 Å². The highest BCUT2D eigenvalue weighted by molar-refractivity contribution is 5.76. The summed E-state index contributed by atoms with van der Waals surface area (Å²) in [5.41, 5.74) is 5.92. The molecule has 0 radical (unpaired) electrons. The van der Waals surface area contributed by atoms with Gasteiger partial charge in [-0.2, -0.15) is 0 Å². The predicted molar refractivity (Wildman–Crippen MR) is 57.8 cm³/mol. The largest absolute Gasteiger partial charge is 0.356 e. The van der Waals surface area contributed by atoms with Crippen molar-refractivity contribution in [1.29, 1.82) is 0 Å². The molecule has 0 heterocycles. The maximum absolute atomic E-state index is 11.4. The Balaban J connectivity index is 2.16. The van der Waals surface area contributed by atoms with Crippen molar-refractivity contribution in [3.05, 3.63) is 0 Å². The Morgan fingerprint density at radius 2 is 2.21 bits per heavy atom. The van der Waals surface area contributed by atoms with Crippen LogP contribution < -0.4 is 11.1 Å². The van der Waals surface area contributed by atoms with Gasteiger partial charge < -0.3 is 11.1 Å². The minimum absolute atomic E-state index is 0.166. The number of carbonyl (C=O) groups excluding carboxylic acids is 1. The van der Waals surface area contributed by atoms with Crippen LogP contribution in [0.2, 0.25) is 0 Å². The Morgan fingerprint density at radius 3 is 2.71 bits per heavy atom. The van der Waals surface area contributed by atoms with E-state index in [4.69, 9.17) is 5.73 Å². The number of nitrogens with two attached hydrogens (primary N) is 1. The van der Waals surface area contributed by atoms with Gasteiger partial charge >= 0.3 is 0 Å². The van der Waals surface area contributed by atoms with E-state index in [1.54, 1.807) is 0 Å². The lowest BCUT2D eigenvalue weighted by Gasteiger charge is -2.16. The van der Waals surface area contributed by atoms with Crippen LogP contribution in [-0.4, -0.2) is 18.5 Å². The lowest BCUT2D eigenvalue weighted by molar-refractivity contribution is -0.121. The highest BCUT2D eigenvalue weighted by Crippen LogP contribution is 2.22. The molecule has 0 aliphatic heterocycles. The number of rotatable bonds is 4. The minimum Gasteiger partial charge on any atom is -0.356 e. The molecule has 0 aromatic heterocycles. The Hall–Kier alpha value is -0.570. The fourth-order valence-corrected chi connectivity index (χ4v) is 2.01. The molecule has 0 bridgehead atoms. The molecule has 82 valence electrons. The van der Waals surface area contributed by atoms with E-state index in [-0.39, 0.29) is 5.91 Å². The molecule has 1 fully saturated rings. The summed E-state index contributed by atoms with van der Waals surface area (Å²) in [5.74, 6) is 1.11. The Bertz CT molecular complexity index is 192. The van der Waals surface area contributed by atoms with Crippen molar-refractivity contribution in [2.45, 2.75) is 45.6 Å². The van der Waals surface area contributed by atoms with Gasteiger partial charge in [-0.1, -0.05) is 20.3 Å². The van der Waals surface area contributed by atoms with Crippen molar-refractivity contribution in [3.8, 4) is 0 Å². The van der Waals surface area contributed by atoms with Crippen molar-refractivity contribution in [1.82, 2.24) is 5.32 Å². The van der Waals surface area contributed by atoms with Crippen molar-refractivity contribution < 1.29 is 4.79 Å². The molecular weight excluding hydrogens is 176 g/mol. The Morgan fingerprint density at radius 1 is 1.50 bits per heavy atom. The molecule has 1 amide bonds. The van der Waals surface area contributed by atoms with Gasteiger partial charge in [0.2, 0.25) is 5.91 Å². The number of hydrogen-bond acceptors (Lipinski definition) is 2. The van der Waals surface area contributed by atoms with Gasteiger partial charge in [-0.15, -0.1) is 0 Å². The van der Waals surface area contributed by atoms with Crippen molar-refractivity contribution >= 4 is 5.91 Å². The lowest BCUT2D eigenvalue weighted by Crippen LogP contribution is -2.36. The zero-order valence-electron chi connectivity index (χ0n) is 9.25. The highest BCUT2D eigenvalue weighted by atomic mass is 16.1. The first-order valence-electron chi connectivity index (χ1n) is 5.62. The smallest absolute Gasteiger partial charge is 0.220 e. The molecule has 1 saturated carbocycles. The molecule has 1 aliphatic rings. The van der Waals surface area contributed by atoms with Crippen LogP contribution in [0.15, 0.2) is 0 Å². The normalized spacial score (nSPS) is 26.9. The second-order valence-corrected chi connectivity index (χ2v) is 4.76. The van der Waals surface area contributed by atoms with Crippen LogP contribution in [0.4, 0.5) is 0 Å². The fourth-order valence-electron chi connectivity index (χ4n) is 2.01. The molecule has 0 saturated heterocycles. The molecule has 2 atom stereocenters. The summed E-state index contributed by atoms with van der Waals surface area (Å²) in [6.07, 6.45) is 4.13. The van der Waals surface area contributed by atoms with Crippen LogP contribution in [0.1, 0.15) is 39.5 Å². The topological polar surface area (TPSA) is 55.1 Å². The fraction of sp³-hybridized carbons (Fsp3) is 0.909. The lowest BCUT2D eigenvalue weighted by atomic mass is 10.0. The number of hydrogen-bond donors (Lipinski definition) is 2. The first-order chi connectivity index (χ1) is 6.59. The summed E-state index contributed by atoms with van der Waals surface area (Å²) in [6, 6.07) is 0.300. The molecule has 0 aromatic rings. The Kier molecular flexibility index (Phi) is 4.39. The maximum Gasteiger partial charge on any atom is 0.220 e. The molecule has 1 rings (SSSR count). The molecule has 1 aliphatic carbocycles. The van der Waals surface area contributed by atoms with Gasteiger partial charge in [-0.3, -0.25) is 4.79 Å². The average molecular weight is 198 g/mol. The molecule has 0 aromatic carbocycles. The van der Waals surface area contributed by atoms with E-state index in [9.17, 15) is 4.79 Å². The summed E-state index contributed by atoms with van der Waals surface area (Å²) in [5, 5.41) is 2.97. The molecule has 0 spiro atoms. The Labute approximate surface area is 86.4 Å². The number of nitrogens with one attached hydrogen (secondary N) is 1. The van der Waals surface area contributed by atoms with E-state index in [0.717, 1.165) is 13.0 Å². The quantitative estimate of drug-likeness (QED) is 0.715. The van der Waals surface area contributed by atoms with Gasteiger partial charge in [0.1, 0.15) is 0 Å². The van der Waals surface area contributed by atoms with Gasteiger partial charge in [-0.25, -0.2) is 0 Å². The van der Waals surface area contributed by atoms with Gasteiger partial charge in [-0.05, 0) is 24.7 Å². The standard InChI is InChI=1S/C11H22N2O/c1-8(2)6-11(14)13-7-9-4-3-5-10(9)12/h8-10H,3-7,12H2,1-2H3,(H,13,14). The van der Waals surface area contributed by atoms with E-state index in [2.05, 4.69) is 19.2 Å². The van der Waals surface area contributed by atoms with E-state index in [0.29, 0.717) is 24.3 Å². The molecule has 3 N–H and O–H groups in total. The number of amides is 1. The molecule has 14 heavy (non-hydrogen) atoms. The molecule has 3 heteroatoms. The monoisotopic (exact) mass is 198 g/mol. The third-order valence-corrected chi connectivity index (χ3v) is 2.87. The van der Waals surface area contributed by atoms with Gasteiger partial charge in [0, 0.05) is 19.0 Å². The predicted octanol–water partition coefficient (Wildman–Crippen LogP) is 1.28. The van der Waals surface area contributed by atoms with Gasteiger partial charge in [0.05, 0.1) is 0 Å². The zero-order chi connectivity index (χ0) is 10.6. The van der Waals surface area contributed by atoms with Crippen LogP contribution in [0.5, 0.6) is 0 Å². The van der Waals surface area contributed by atoms with Crippen molar-refractivity contribution in [2.24, 2.45) is 17.6 Å². The SMILES string of the molecule is CC(C)CC(=O)NCC1CCCC1N. The summed E-state index contributed by atoms with van der Waals surface area (Å²) in [7, 11) is 0. The third-order valence-electron chi connectivity index (χ3n) is 2.87. The third kappa shape index (κ3) is 3.66. The zero-order valence-corrected chi connectivity index (χ0v) is 9.25. The average Bonchev–Trinajstić information content (AvgIpc) is 2.46. The molecular formula is C11H22N2O. The summed E-state index contributed by atoms with van der Waals surface area (Å²) in [4.78, 5) is 11.4. The number of carbonyl (C=O) groups is 1. The van der Waals surface area contributed by atoms with Crippen LogP contribution in [0.25, 0.3) is 0 Å². The summed E-state index contributed by atoms with van der Waals surface area (Å²) < 4.78 is 0. The van der Waals surface area contributed by atoms with Gasteiger partial charge in [0.15, 0.2) is 0 Å². The van der Waals surface area contributed by atoms with Crippen molar-refractivity contribution in [2.75, 3.05) is 6.54 Å². The maximum atomic E-state index is 11.4. The second kappa shape index (κ2) is 5.35. The van der Waals surface area contributed by atoms with E-state index in [1.165, 1.54) is 12.8 Å². The highest BCUT2D eigenvalue weighted by Gasteiger charge is 2.23. The minimum atomic E-state index is 0.166. The second-order valence-electron chi connectivity index (χ2n) is 4.76. The summed E-state index contributed by atoms with van der Waals surface area (Å²) >= 11 is 0. The van der Waals surface area contributed by atoms with Crippen LogP contribution in [0, 0.1) is 11.8 Å². The van der Waals surface area contributed by atoms with E-state index in [1.807, 2.05) is 0 Å². The molecule has 2 unspecified atom stereocenters. The van der Waals surface area contributed by atoms with Gasteiger partial charge in [0.25, 0.3) is 0 Å². The first-order valence-corrected chi connectivity index (χ1v) is 5.62. The van der Waals surface area contributed by atoms with E-state index < -0.39 is 0 Å².